The van der Waals surface area contributed by atoms with Gasteiger partial charge in [-0.15, -0.1) is 0 Å². The summed E-state index contributed by atoms with van der Waals surface area (Å²) in [6, 6.07) is 7.04. The number of piperidine rings is 1. The molecule has 6 heteroatoms. The molecule has 2 aliphatic heterocycles. The number of nitrogens with zero attached hydrogens (tertiary/aromatic N) is 2. The van der Waals surface area contributed by atoms with Crippen molar-refractivity contribution in [2.24, 2.45) is 10.4 Å². The molecule has 0 saturated carbocycles. The van der Waals surface area contributed by atoms with E-state index >= 15 is 0 Å². The molecular formula is C21H30N2O3S. The Morgan fingerprint density at radius 2 is 1.89 bits per heavy atom. The second-order valence-corrected chi connectivity index (χ2v) is 10.4. The molecule has 148 valence electrons. The van der Waals surface area contributed by atoms with E-state index in [0.29, 0.717) is 23.9 Å². The Balaban J connectivity index is 1.79. The van der Waals surface area contributed by atoms with E-state index in [1.54, 1.807) is 16.4 Å². The summed E-state index contributed by atoms with van der Waals surface area (Å²) in [5.41, 5.74) is 1.11. The Kier molecular flexibility index (Phi) is 5.77. The topological polar surface area (TPSA) is 59.0 Å². The molecule has 1 saturated heterocycles. The average Bonchev–Trinajstić information content (AvgIpc) is 3.10. The molecule has 0 N–H and O–H groups in total. The summed E-state index contributed by atoms with van der Waals surface area (Å²) in [6.07, 6.45) is 6.51. The van der Waals surface area contributed by atoms with Gasteiger partial charge in [0.05, 0.1) is 10.9 Å². The van der Waals surface area contributed by atoms with Gasteiger partial charge in [-0.3, -0.25) is 0 Å². The van der Waals surface area contributed by atoms with Crippen LogP contribution < -0.4 is 0 Å². The first-order valence-electron chi connectivity index (χ1n) is 9.65. The molecule has 0 spiro atoms. The predicted molar refractivity (Wildman–Crippen MR) is 108 cm³/mol. The van der Waals surface area contributed by atoms with Crippen molar-refractivity contribution in [3.8, 4) is 0 Å². The molecule has 3 rings (SSSR count). The first-order chi connectivity index (χ1) is 12.7. The molecule has 0 unspecified atom stereocenters. The van der Waals surface area contributed by atoms with Gasteiger partial charge in [0.1, 0.15) is 6.61 Å². The molecular weight excluding hydrogens is 360 g/mol. The highest BCUT2D eigenvalue weighted by Gasteiger charge is 2.33. The van der Waals surface area contributed by atoms with E-state index in [1.807, 2.05) is 31.2 Å². The number of aryl methyl sites for hydroxylation is 1. The van der Waals surface area contributed by atoms with E-state index in [9.17, 15) is 8.42 Å². The van der Waals surface area contributed by atoms with Crippen LogP contribution in [0.1, 0.15) is 45.6 Å². The Morgan fingerprint density at radius 1 is 1.19 bits per heavy atom. The molecule has 1 aromatic rings. The molecule has 0 aromatic heterocycles. The first-order valence-corrected chi connectivity index (χ1v) is 11.1. The summed E-state index contributed by atoms with van der Waals surface area (Å²) in [5.74, 6) is 0.605. The maximum atomic E-state index is 13.1. The molecule has 0 radical (unpaired) electrons. The first kappa shape index (κ1) is 20.1. The monoisotopic (exact) mass is 390 g/mol. The summed E-state index contributed by atoms with van der Waals surface area (Å²) in [7, 11) is -3.51. The lowest BCUT2D eigenvalue weighted by Crippen LogP contribution is -2.42. The van der Waals surface area contributed by atoms with Crippen LogP contribution in [-0.4, -0.2) is 43.9 Å². The lowest BCUT2D eigenvalue weighted by atomic mass is 9.88. The second-order valence-electron chi connectivity index (χ2n) is 8.51. The lowest BCUT2D eigenvalue weighted by Gasteiger charge is -2.33. The average molecular weight is 391 g/mol. The van der Waals surface area contributed by atoms with Crippen LogP contribution in [0.5, 0.6) is 0 Å². The zero-order chi connectivity index (χ0) is 19.7. The van der Waals surface area contributed by atoms with Crippen molar-refractivity contribution in [1.82, 2.24) is 4.31 Å². The van der Waals surface area contributed by atoms with E-state index in [4.69, 9.17) is 4.74 Å². The standard InChI is InChI=1S/C21H30N2O3S/c1-16-8-11-18(12-9-16)27(24,25)23-14-6-5-7-17(23)10-13-20-22-19(15-26-20)21(2,3)4/h8-13,17,19H,5-7,14-15H2,1-4H3/b13-10+/t17-,19+/m0/s1. The molecule has 2 aliphatic rings. The quantitative estimate of drug-likeness (QED) is 0.782. The van der Waals surface area contributed by atoms with Crippen LogP contribution in [0, 0.1) is 12.3 Å². The molecule has 2 atom stereocenters. The van der Waals surface area contributed by atoms with Gasteiger partial charge in [-0.05, 0) is 43.4 Å². The Morgan fingerprint density at radius 3 is 2.52 bits per heavy atom. The highest BCUT2D eigenvalue weighted by atomic mass is 32.2. The summed E-state index contributed by atoms with van der Waals surface area (Å²) < 4.78 is 33.6. The Labute approximate surface area is 163 Å². The molecule has 0 bridgehead atoms. The van der Waals surface area contributed by atoms with E-state index in [0.717, 1.165) is 24.8 Å². The smallest absolute Gasteiger partial charge is 0.243 e. The lowest BCUT2D eigenvalue weighted by molar-refractivity contribution is 0.236. The van der Waals surface area contributed by atoms with E-state index in [2.05, 4.69) is 25.8 Å². The third-order valence-corrected chi connectivity index (χ3v) is 7.20. The zero-order valence-electron chi connectivity index (χ0n) is 16.7. The minimum atomic E-state index is -3.51. The summed E-state index contributed by atoms with van der Waals surface area (Å²) >= 11 is 0. The van der Waals surface area contributed by atoms with Crippen LogP contribution in [-0.2, 0) is 14.8 Å². The zero-order valence-corrected chi connectivity index (χ0v) is 17.5. The van der Waals surface area contributed by atoms with Gasteiger partial charge >= 0.3 is 0 Å². The van der Waals surface area contributed by atoms with Gasteiger partial charge in [0.2, 0.25) is 15.9 Å². The van der Waals surface area contributed by atoms with Gasteiger partial charge in [-0.1, -0.05) is 51.0 Å². The van der Waals surface area contributed by atoms with Gasteiger partial charge in [0.25, 0.3) is 0 Å². The number of benzene rings is 1. The number of hydrogen-bond donors (Lipinski definition) is 0. The molecule has 2 heterocycles. The molecule has 1 aromatic carbocycles. The number of sulfonamides is 1. The third-order valence-electron chi connectivity index (χ3n) is 5.26. The van der Waals surface area contributed by atoms with Gasteiger partial charge in [0.15, 0.2) is 0 Å². The van der Waals surface area contributed by atoms with Crippen molar-refractivity contribution < 1.29 is 13.2 Å². The predicted octanol–water partition coefficient (Wildman–Crippen LogP) is 3.94. The van der Waals surface area contributed by atoms with Crippen molar-refractivity contribution >= 4 is 15.9 Å². The maximum Gasteiger partial charge on any atom is 0.243 e. The Hall–Kier alpha value is -1.66. The number of hydrogen-bond acceptors (Lipinski definition) is 4. The van der Waals surface area contributed by atoms with Crippen LogP contribution in [0.4, 0.5) is 0 Å². The van der Waals surface area contributed by atoms with Gasteiger partial charge in [-0.25, -0.2) is 13.4 Å². The van der Waals surface area contributed by atoms with Crippen LogP contribution in [0.15, 0.2) is 46.3 Å². The third kappa shape index (κ3) is 4.61. The van der Waals surface area contributed by atoms with Crippen LogP contribution >= 0.6 is 0 Å². The highest BCUT2D eigenvalue weighted by molar-refractivity contribution is 7.89. The number of aliphatic imine (C=N–C) groups is 1. The van der Waals surface area contributed by atoms with Gasteiger partial charge in [-0.2, -0.15) is 4.31 Å². The van der Waals surface area contributed by atoms with Crippen molar-refractivity contribution in [2.75, 3.05) is 13.2 Å². The summed E-state index contributed by atoms with van der Waals surface area (Å²) in [4.78, 5) is 5.00. The van der Waals surface area contributed by atoms with E-state index < -0.39 is 10.0 Å². The minimum absolute atomic E-state index is 0.0568. The fourth-order valence-electron chi connectivity index (χ4n) is 3.39. The summed E-state index contributed by atoms with van der Waals surface area (Å²) in [5, 5.41) is 0. The summed E-state index contributed by atoms with van der Waals surface area (Å²) in [6.45, 7) is 9.52. The molecule has 0 amide bonds. The number of ether oxygens (including phenoxy) is 1. The van der Waals surface area contributed by atoms with E-state index in [-0.39, 0.29) is 17.5 Å². The normalized spacial score (nSPS) is 24.8. The second kappa shape index (κ2) is 7.76. The van der Waals surface area contributed by atoms with Crippen LogP contribution in [0.3, 0.4) is 0 Å². The molecule has 5 nitrogen and oxygen atoms in total. The molecule has 0 aliphatic carbocycles. The van der Waals surface area contributed by atoms with Gasteiger partial charge in [0, 0.05) is 12.6 Å². The van der Waals surface area contributed by atoms with E-state index in [1.165, 1.54) is 0 Å². The fourth-order valence-corrected chi connectivity index (χ4v) is 5.04. The SMILES string of the molecule is Cc1ccc(S(=O)(=O)N2CCCC[C@H]2/C=C/C2=N[C@@H](C(C)(C)C)CO2)cc1. The fraction of sp³-hybridized carbons (Fsp3) is 0.571. The van der Waals surface area contributed by atoms with Crippen molar-refractivity contribution in [1.29, 1.82) is 0 Å². The van der Waals surface area contributed by atoms with Crippen molar-refractivity contribution in [3.05, 3.63) is 42.0 Å². The van der Waals surface area contributed by atoms with Crippen molar-refractivity contribution in [2.45, 2.75) is 63.9 Å². The Bertz CT molecular complexity index is 820. The van der Waals surface area contributed by atoms with Crippen LogP contribution in [0.25, 0.3) is 0 Å². The molecule has 1 fully saturated rings. The van der Waals surface area contributed by atoms with Crippen molar-refractivity contribution in [3.63, 3.8) is 0 Å². The molecule has 27 heavy (non-hydrogen) atoms. The highest BCUT2D eigenvalue weighted by Crippen LogP contribution is 2.28. The van der Waals surface area contributed by atoms with Crippen LogP contribution in [0.2, 0.25) is 0 Å². The number of rotatable bonds is 4. The maximum absolute atomic E-state index is 13.1. The van der Waals surface area contributed by atoms with Gasteiger partial charge < -0.3 is 4.74 Å². The largest absolute Gasteiger partial charge is 0.476 e. The minimum Gasteiger partial charge on any atom is -0.476 e.